The first-order valence-electron chi connectivity index (χ1n) is 9.18. The Morgan fingerprint density at radius 1 is 1.10 bits per heavy atom. The number of hydrogen-bond acceptors (Lipinski definition) is 6. The zero-order valence-electron chi connectivity index (χ0n) is 16.2. The highest BCUT2D eigenvalue weighted by Crippen LogP contribution is 2.17. The molecule has 7 nitrogen and oxygen atoms in total. The highest BCUT2D eigenvalue weighted by atomic mass is 16.6. The van der Waals surface area contributed by atoms with Gasteiger partial charge in [-0.3, -0.25) is 4.79 Å². The van der Waals surface area contributed by atoms with E-state index in [9.17, 15) is 9.59 Å². The second-order valence-electron chi connectivity index (χ2n) is 6.29. The second kappa shape index (κ2) is 9.45. The normalized spacial score (nSPS) is 11.2. The van der Waals surface area contributed by atoms with Crippen molar-refractivity contribution in [3.8, 4) is 11.4 Å². The molecule has 1 amide bonds. The third kappa shape index (κ3) is 5.62. The Hall–Kier alpha value is -3.74. The summed E-state index contributed by atoms with van der Waals surface area (Å²) < 4.78 is 10.4. The third-order valence-electron chi connectivity index (χ3n) is 4.06. The van der Waals surface area contributed by atoms with E-state index in [-0.39, 0.29) is 24.1 Å². The van der Waals surface area contributed by atoms with Gasteiger partial charge in [-0.1, -0.05) is 66.7 Å². The van der Waals surface area contributed by atoms with Gasteiger partial charge < -0.3 is 14.6 Å². The number of esters is 1. The number of aryl methyl sites for hydroxylation is 1. The number of carbonyl (C=O) groups is 2. The van der Waals surface area contributed by atoms with Crippen LogP contribution in [0.4, 0.5) is 0 Å². The first kappa shape index (κ1) is 20.0. The van der Waals surface area contributed by atoms with E-state index in [2.05, 4.69) is 22.4 Å². The van der Waals surface area contributed by atoms with Crippen LogP contribution in [0.3, 0.4) is 0 Å². The van der Waals surface area contributed by atoms with Crippen LogP contribution in [0, 0.1) is 0 Å². The molecule has 0 saturated carbocycles. The van der Waals surface area contributed by atoms with Crippen molar-refractivity contribution in [3.63, 3.8) is 0 Å². The summed E-state index contributed by atoms with van der Waals surface area (Å²) in [6.07, 6.45) is 2.49. The van der Waals surface area contributed by atoms with Gasteiger partial charge in [0, 0.05) is 12.5 Å². The average Bonchev–Trinajstić information content (AvgIpc) is 3.21. The zero-order valence-corrected chi connectivity index (χ0v) is 16.2. The van der Waals surface area contributed by atoms with Gasteiger partial charge >= 0.3 is 5.97 Å². The molecule has 0 atom stereocenters. The van der Waals surface area contributed by atoms with E-state index in [1.807, 2.05) is 54.6 Å². The number of aromatic nitrogens is 2. The minimum absolute atomic E-state index is 0.0265. The molecule has 7 heteroatoms. The molecular formula is C22H21N3O4. The van der Waals surface area contributed by atoms with Crippen molar-refractivity contribution in [3.05, 3.63) is 77.3 Å². The van der Waals surface area contributed by atoms with E-state index in [0.717, 1.165) is 17.5 Å². The lowest BCUT2D eigenvalue weighted by atomic mass is 10.1. The van der Waals surface area contributed by atoms with Gasteiger partial charge in [-0.25, -0.2) is 4.79 Å². The van der Waals surface area contributed by atoms with Crippen LogP contribution in [0.5, 0.6) is 0 Å². The molecule has 29 heavy (non-hydrogen) atoms. The smallest absolute Gasteiger partial charge is 0.355 e. The largest absolute Gasteiger partial charge is 0.451 e. The summed E-state index contributed by atoms with van der Waals surface area (Å²) in [5.41, 5.74) is 2.80. The highest BCUT2D eigenvalue weighted by molar-refractivity contribution is 5.97. The van der Waals surface area contributed by atoms with Crippen molar-refractivity contribution in [2.24, 2.45) is 0 Å². The molecule has 1 N–H and O–H groups in total. The van der Waals surface area contributed by atoms with Gasteiger partial charge in [0.25, 0.3) is 5.89 Å². The first-order valence-corrected chi connectivity index (χ1v) is 9.18. The van der Waals surface area contributed by atoms with Gasteiger partial charge in [0.15, 0.2) is 6.61 Å². The van der Waals surface area contributed by atoms with Crippen LogP contribution < -0.4 is 5.32 Å². The van der Waals surface area contributed by atoms with Gasteiger partial charge in [-0.2, -0.15) is 4.98 Å². The molecule has 148 valence electrons. The summed E-state index contributed by atoms with van der Waals surface area (Å²) in [5.74, 6) is -0.494. The molecule has 0 fully saturated rings. The van der Waals surface area contributed by atoms with Crippen LogP contribution in [-0.4, -0.2) is 22.0 Å². The quantitative estimate of drug-likeness (QED) is 0.489. The SMILES string of the molecule is CCc1ccc(-c2noc(COC(=O)/C(=C/c3ccccc3)NC(C)=O)n2)cc1. The lowest BCUT2D eigenvalue weighted by Gasteiger charge is -2.07. The summed E-state index contributed by atoms with van der Waals surface area (Å²) in [6.45, 7) is 3.20. The van der Waals surface area contributed by atoms with E-state index in [1.54, 1.807) is 0 Å². The lowest BCUT2D eigenvalue weighted by Crippen LogP contribution is -2.26. The summed E-state index contributed by atoms with van der Waals surface area (Å²) in [5, 5.41) is 6.41. The predicted molar refractivity (Wildman–Crippen MR) is 107 cm³/mol. The third-order valence-corrected chi connectivity index (χ3v) is 4.06. The molecule has 3 rings (SSSR count). The molecule has 0 aliphatic carbocycles. The fraction of sp³-hybridized carbons (Fsp3) is 0.182. The Morgan fingerprint density at radius 2 is 1.83 bits per heavy atom. The minimum Gasteiger partial charge on any atom is -0.451 e. The minimum atomic E-state index is -0.698. The summed E-state index contributed by atoms with van der Waals surface area (Å²) in [6, 6.07) is 17.0. The van der Waals surface area contributed by atoms with E-state index < -0.39 is 5.97 Å². The van der Waals surface area contributed by atoms with Crippen molar-refractivity contribution >= 4 is 18.0 Å². The molecule has 1 aromatic heterocycles. The van der Waals surface area contributed by atoms with Gasteiger partial charge in [-0.15, -0.1) is 0 Å². The lowest BCUT2D eigenvalue weighted by molar-refractivity contribution is -0.142. The number of nitrogens with zero attached hydrogens (tertiary/aromatic N) is 2. The maximum absolute atomic E-state index is 12.4. The maximum atomic E-state index is 12.4. The monoisotopic (exact) mass is 391 g/mol. The Bertz CT molecular complexity index is 1010. The molecule has 0 radical (unpaired) electrons. The molecule has 1 heterocycles. The van der Waals surface area contributed by atoms with Crippen molar-refractivity contribution in [1.29, 1.82) is 0 Å². The van der Waals surface area contributed by atoms with Gasteiger partial charge in [0.2, 0.25) is 11.7 Å². The molecular weight excluding hydrogens is 370 g/mol. The number of hydrogen-bond donors (Lipinski definition) is 1. The molecule has 0 aliphatic rings. The maximum Gasteiger partial charge on any atom is 0.355 e. The molecule has 0 unspecified atom stereocenters. The van der Waals surface area contributed by atoms with E-state index in [1.165, 1.54) is 18.6 Å². The topological polar surface area (TPSA) is 94.3 Å². The second-order valence-corrected chi connectivity index (χ2v) is 6.29. The number of nitrogens with one attached hydrogen (secondary N) is 1. The molecule has 0 saturated heterocycles. The Kier molecular flexibility index (Phi) is 6.52. The van der Waals surface area contributed by atoms with E-state index >= 15 is 0 Å². The summed E-state index contributed by atoms with van der Waals surface area (Å²) >= 11 is 0. The summed E-state index contributed by atoms with van der Waals surface area (Å²) in [7, 11) is 0. The fourth-order valence-electron chi connectivity index (χ4n) is 2.58. The molecule has 0 bridgehead atoms. The Labute approximate surface area is 168 Å². The van der Waals surface area contributed by atoms with Gasteiger partial charge in [-0.05, 0) is 23.6 Å². The molecule has 2 aromatic carbocycles. The van der Waals surface area contributed by atoms with Crippen LogP contribution in [0.25, 0.3) is 17.5 Å². The molecule has 3 aromatic rings. The van der Waals surface area contributed by atoms with Gasteiger partial charge in [0.1, 0.15) is 5.70 Å². The molecule has 0 aliphatic heterocycles. The Morgan fingerprint density at radius 3 is 2.48 bits per heavy atom. The van der Waals surface area contributed by atoms with Crippen LogP contribution in [0.2, 0.25) is 0 Å². The standard InChI is InChI=1S/C22H21N3O4/c1-3-16-9-11-18(12-10-16)21-24-20(29-25-21)14-28-22(27)19(23-15(2)26)13-17-7-5-4-6-8-17/h4-13H,3,14H2,1-2H3,(H,23,26)/b19-13-. The van der Waals surface area contributed by atoms with Crippen LogP contribution >= 0.6 is 0 Å². The number of amides is 1. The van der Waals surface area contributed by atoms with Crippen molar-refractivity contribution in [2.75, 3.05) is 0 Å². The van der Waals surface area contributed by atoms with E-state index in [4.69, 9.17) is 9.26 Å². The number of ether oxygens (including phenoxy) is 1. The number of carbonyl (C=O) groups excluding carboxylic acids is 2. The zero-order chi connectivity index (χ0) is 20.6. The fourth-order valence-corrected chi connectivity index (χ4v) is 2.58. The summed E-state index contributed by atoms with van der Waals surface area (Å²) in [4.78, 5) is 28.1. The van der Waals surface area contributed by atoms with Crippen molar-refractivity contribution in [2.45, 2.75) is 26.9 Å². The van der Waals surface area contributed by atoms with Crippen LogP contribution in [0.1, 0.15) is 30.9 Å². The van der Waals surface area contributed by atoms with E-state index in [0.29, 0.717) is 5.82 Å². The average molecular weight is 391 g/mol. The Balaban J connectivity index is 1.67. The van der Waals surface area contributed by atoms with Crippen LogP contribution in [-0.2, 0) is 27.4 Å². The molecule has 0 spiro atoms. The number of rotatable bonds is 7. The van der Waals surface area contributed by atoms with Crippen LogP contribution in [0.15, 0.2) is 64.8 Å². The van der Waals surface area contributed by atoms with Crippen molar-refractivity contribution in [1.82, 2.24) is 15.5 Å². The highest BCUT2D eigenvalue weighted by Gasteiger charge is 2.16. The number of benzene rings is 2. The predicted octanol–water partition coefficient (Wildman–Crippen LogP) is 3.52. The first-order chi connectivity index (χ1) is 14.0. The van der Waals surface area contributed by atoms with Gasteiger partial charge in [0.05, 0.1) is 0 Å². The van der Waals surface area contributed by atoms with Crippen molar-refractivity contribution < 1.29 is 18.8 Å².